The van der Waals surface area contributed by atoms with Crippen molar-refractivity contribution in [2.24, 2.45) is 5.73 Å². The Labute approximate surface area is 171 Å². The van der Waals surface area contributed by atoms with Gasteiger partial charge in [-0.05, 0) is 26.0 Å². The van der Waals surface area contributed by atoms with E-state index in [2.05, 4.69) is 23.0 Å². The van der Waals surface area contributed by atoms with Crippen LogP contribution in [-0.4, -0.2) is 81.6 Å². The average Bonchev–Trinajstić information content (AvgIpc) is 3.05. The van der Waals surface area contributed by atoms with Crippen LogP contribution in [0.1, 0.15) is 19.7 Å². The van der Waals surface area contributed by atoms with E-state index in [0.29, 0.717) is 19.7 Å². The molecule has 0 unspecified atom stereocenters. The molecule has 0 saturated heterocycles. The van der Waals surface area contributed by atoms with Gasteiger partial charge < -0.3 is 30.9 Å². The van der Waals surface area contributed by atoms with Crippen LogP contribution in [0.25, 0.3) is 11.0 Å². The van der Waals surface area contributed by atoms with Gasteiger partial charge in [0, 0.05) is 25.7 Å². The summed E-state index contributed by atoms with van der Waals surface area (Å²) in [7, 11) is 0. The third kappa shape index (κ3) is 5.88. The molecule has 0 bridgehead atoms. The molecule has 0 amide bonds. The van der Waals surface area contributed by atoms with Crippen LogP contribution in [0, 0.1) is 0 Å². The maximum atomic E-state index is 9.69. The number of fused-ring (bicyclic) bond motifs is 1. The summed E-state index contributed by atoms with van der Waals surface area (Å²) in [5.74, 6) is 1.80. The second-order valence-corrected chi connectivity index (χ2v) is 7.04. The third-order valence-electron chi connectivity index (χ3n) is 5.00. The van der Waals surface area contributed by atoms with Gasteiger partial charge in [-0.3, -0.25) is 4.90 Å². The fraction of sp³-hybridized carbons (Fsp3) is 0.650. The lowest BCUT2D eigenvalue weighted by Crippen LogP contribution is -2.42. The number of aryl methyl sites for hydroxylation is 2. The van der Waals surface area contributed by atoms with Gasteiger partial charge in [-0.1, -0.05) is 0 Å². The molecule has 1 aromatic heterocycles. The van der Waals surface area contributed by atoms with Crippen molar-refractivity contribution in [3.63, 3.8) is 0 Å². The lowest BCUT2D eigenvalue weighted by Gasteiger charge is -2.26. The number of ether oxygens (including phenoxy) is 1. The topological polar surface area (TPSA) is 128 Å². The van der Waals surface area contributed by atoms with Gasteiger partial charge in [0.25, 0.3) is 5.82 Å². The molecule has 9 nitrogen and oxygen atoms in total. The van der Waals surface area contributed by atoms with Crippen LogP contribution in [0.15, 0.2) is 18.2 Å². The first kappa shape index (κ1) is 23.5. The summed E-state index contributed by atoms with van der Waals surface area (Å²) in [6.45, 7) is 6.71. The number of hydrogen-bond donors (Lipinski definition) is 5. The van der Waals surface area contributed by atoms with Crippen LogP contribution < -0.4 is 15.0 Å². The highest BCUT2D eigenvalue weighted by Crippen LogP contribution is 2.21. The second-order valence-electron chi connectivity index (χ2n) is 7.04. The minimum Gasteiger partial charge on any atom is -0.492 e. The number of rotatable bonds is 13. The van der Waals surface area contributed by atoms with Gasteiger partial charge in [-0.2, -0.15) is 0 Å². The van der Waals surface area contributed by atoms with Crippen molar-refractivity contribution in [1.29, 1.82) is 0 Å². The normalized spacial score (nSPS) is 13.9. The van der Waals surface area contributed by atoms with Crippen molar-refractivity contribution in [3.05, 3.63) is 24.0 Å². The van der Waals surface area contributed by atoms with Crippen LogP contribution in [0.2, 0.25) is 0 Å². The molecule has 2 rings (SSSR count). The molecule has 2 atom stereocenters. The van der Waals surface area contributed by atoms with Gasteiger partial charge in [0.1, 0.15) is 12.4 Å². The standard InChI is InChI=1S/C20H35N4O5/c1-3-23-18-6-5-17(9-19(18)24(4-2)20(23)10-21)29-8-7-22(11-15(27)13-25)12-16(28)14-26/h5-6,9,15-16,25-28H,3-4,7-8,10-14,21H2,1-2H3/q+1/t15-,16-/m0/s1. The first-order chi connectivity index (χ1) is 14.0. The molecule has 0 aliphatic carbocycles. The highest BCUT2D eigenvalue weighted by atomic mass is 16.5. The molecular formula is C20H35N4O5+. The smallest absolute Gasteiger partial charge is 0.271 e. The molecule has 0 radical (unpaired) electrons. The number of benzene rings is 1. The molecule has 0 aliphatic rings. The van der Waals surface area contributed by atoms with E-state index >= 15 is 0 Å². The number of aliphatic hydroxyl groups excluding tert-OH is 4. The van der Waals surface area contributed by atoms with Crippen LogP contribution in [0.5, 0.6) is 5.75 Å². The number of hydrogen-bond acceptors (Lipinski definition) is 7. The zero-order chi connectivity index (χ0) is 21.4. The zero-order valence-corrected chi connectivity index (χ0v) is 17.4. The van der Waals surface area contributed by atoms with Crippen molar-refractivity contribution in [1.82, 2.24) is 9.47 Å². The van der Waals surface area contributed by atoms with Gasteiger partial charge in [-0.25, -0.2) is 9.13 Å². The van der Waals surface area contributed by atoms with Crippen molar-refractivity contribution in [2.75, 3.05) is 39.5 Å². The van der Waals surface area contributed by atoms with Crippen molar-refractivity contribution in [2.45, 2.75) is 45.7 Å². The lowest BCUT2D eigenvalue weighted by molar-refractivity contribution is -0.676. The van der Waals surface area contributed by atoms with Crippen LogP contribution >= 0.6 is 0 Å². The van der Waals surface area contributed by atoms with E-state index in [1.54, 1.807) is 4.90 Å². The Kier molecular flexibility index (Phi) is 9.28. The monoisotopic (exact) mass is 411 g/mol. The summed E-state index contributed by atoms with van der Waals surface area (Å²) < 4.78 is 10.3. The number of imidazole rings is 1. The van der Waals surface area contributed by atoms with Crippen LogP contribution in [-0.2, 0) is 19.6 Å². The predicted molar refractivity (Wildman–Crippen MR) is 109 cm³/mol. The molecule has 0 spiro atoms. The minimum absolute atomic E-state index is 0.186. The van der Waals surface area contributed by atoms with E-state index in [4.69, 9.17) is 20.7 Å². The molecule has 164 valence electrons. The molecule has 9 heteroatoms. The van der Waals surface area contributed by atoms with Gasteiger partial charge in [0.2, 0.25) is 0 Å². The number of nitrogens with two attached hydrogens (primary N) is 1. The van der Waals surface area contributed by atoms with Crippen molar-refractivity contribution < 1.29 is 29.7 Å². The molecule has 6 N–H and O–H groups in total. The maximum Gasteiger partial charge on any atom is 0.271 e. The lowest BCUT2D eigenvalue weighted by atomic mass is 10.2. The SMILES string of the molecule is CCn1c(CN)[n+](CC)c2ccc(OCCN(C[C@H](O)CO)C[C@H](O)CO)cc21. The summed E-state index contributed by atoms with van der Waals surface area (Å²) in [5.41, 5.74) is 8.14. The molecule has 0 fully saturated rings. The largest absolute Gasteiger partial charge is 0.492 e. The third-order valence-corrected chi connectivity index (χ3v) is 5.00. The van der Waals surface area contributed by atoms with Gasteiger partial charge in [-0.15, -0.1) is 0 Å². The molecule has 2 aromatic rings. The van der Waals surface area contributed by atoms with E-state index < -0.39 is 12.2 Å². The molecule has 1 aromatic carbocycles. The highest BCUT2D eigenvalue weighted by molar-refractivity contribution is 5.74. The van der Waals surface area contributed by atoms with Crippen molar-refractivity contribution >= 4 is 11.0 Å². The molecule has 1 heterocycles. The Bertz CT molecular complexity index is 755. The first-order valence-corrected chi connectivity index (χ1v) is 10.2. The Morgan fingerprint density at radius 3 is 2.31 bits per heavy atom. The molecule has 0 saturated carbocycles. The van der Waals surface area contributed by atoms with E-state index in [1.165, 1.54) is 0 Å². The van der Waals surface area contributed by atoms with Crippen LogP contribution in [0.4, 0.5) is 0 Å². The summed E-state index contributed by atoms with van der Waals surface area (Å²) in [6, 6.07) is 5.95. The van der Waals surface area contributed by atoms with Gasteiger partial charge in [0.05, 0.1) is 45.1 Å². The van der Waals surface area contributed by atoms with E-state index in [-0.39, 0.29) is 26.3 Å². The summed E-state index contributed by atoms with van der Waals surface area (Å²) >= 11 is 0. The fourth-order valence-electron chi connectivity index (χ4n) is 3.65. The quantitative estimate of drug-likeness (QED) is 0.262. The van der Waals surface area contributed by atoms with Gasteiger partial charge >= 0.3 is 0 Å². The summed E-state index contributed by atoms with van der Waals surface area (Å²) in [6.07, 6.45) is -1.83. The Hall–Kier alpha value is -1.75. The Balaban J connectivity index is 2.10. The molecular weight excluding hydrogens is 376 g/mol. The fourth-order valence-corrected chi connectivity index (χ4v) is 3.65. The van der Waals surface area contributed by atoms with Gasteiger partial charge in [0.15, 0.2) is 11.0 Å². The number of nitrogens with zero attached hydrogens (tertiary/aromatic N) is 3. The first-order valence-electron chi connectivity index (χ1n) is 10.2. The predicted octanol–water partition coefficient (Wildman–Crippen LogP) is -1.19. The Morgan fingerprint density at radius 2 is 1.79 bits per heavy atom. The summed E-state index contributed by atoms with van der Waals surface area (Å²) in [4.78, 5) is 1.76. The Morgan fingerprint density at radius 1 is 1.14 bits per heavy atom. The van der Waals surface area contributed by atoms with E-state index in [0.717, 1.165) is 35.7 Å². The number of aromatic nitrogens is 2. The second kappa shape index (κ2) is 11.4. The maximum absolute atomic E-state index is 9.69. The average molecular weight is 412 g/mol. The highest BCUT2D eigenvalue weighted by Gasteiger charge is 2.22. The van der Waals surface area contributed by atoms with Crippen molar-refractivity contribution in [3.8, 4) is 5.75 Å². The number of aliphatic hydroxyl groups is 4. The van der Waals surface area contributed by atoms with E-state index in [9.17, 15) is 10.2 Å². The molecule has 0 aliphatic heterocycles. The van der Waals surface area contributed by atoms with Crippen LogP contribution in [0.3, 0.4) is 0 Å². The molecule has 29 heavy (non-hydrogen) atoms. The zero-order valence-electron chi connectivity index (χ0n) is 17.4. The minimum atomic E-state index is -0.913. The summed E-state index contributed by atoms with van der Waals surface area (Å²) in [5, 5.41) is 37.5. The van der Waals surface area contributed by atoms with E-state index in [1.807, 2.05) is 18.2 Å².